The van der Waals surface area contributed by atoms with Gasteiger partial charge in [0.1, 0.15) is 5.75 Å². The Morgan fingerprint density at radius 3 is 2.38 bits per heavy atom. The molecule has 0 aliphatic heterocycles. The lowest BCUT2D eigenvalue weighted by Gasteiger charge is -2.22. The fraction of sp³-hybridized carbons (Fsp3) is 0.467. The van der Waals surface area contributed by atoms with Crippen molar-refractivity contribution in [2.24, 2.45) is 0 Å². The lowest BCUT2D eigenvalue weighted by atomic mass is 10.1. The fourth-order valence-corrected chi connectivity index (χ4v) is 2.69. The first-order valence-electron chi connectivity index (χ1n) is 7.58. The predicted octanol–water partition coefficient (Wildman–Crippen LogP) is 2.96. The van der Waals surface area contributed by atoms with E-state index in [2.05, 4.69) is 25.6 Å². The molecule has 0 saturated carbocycles. The Labute approximate surface area is 152 Å². The minimum Gasteiger partial charge on any atom is -0.406 e. The number of nitrogens with one attached hydrogen (secondary N) is 1. The molecule has 1 aromatic carbocycles. The van der Waals surface area contributed by atoms with Crippen molar-refractivity contribution in [2.45, 2.75) is 50.0 Å². The molecule has 0 aliphatic carbocycles. The zero-order chi connectivity index (χ0) is 19.5. The van der Waals surface area contributed by atoms with E-state index in [1.807, 2.05) is 20.8 Å². The summed E-state index contributed by atoms with van der Waals surface area (Å²) in [5, 5.41) is 14.0. The van der Waals surface area contributed by atoms with Gasteiger partial charge in [-0.25, -0.2) is 0 Å². The molecule has 2 aromatic rings. The molecule has 1 heterocycles. The number of thioether (sulfide) groups is 1. The number of ether oxygens (including phenoxy) is 1. The molecule has 1 amide bonds. The Morgan fingerprint density at radius 2 is 1.85 bits per heavy atom. The summed E-state index contributed by atoms with van der Waals surface area (Å²) < 4.78 is 41.8. The van der Waals surface area contributed by atoms with E-state index in [0.29, 0.717) is 10.8 Å². The number of carbonyl (C=O) groups is 1. The number of nitrogens with zero attached hydrogens (tertiary/aromatic N) is 4. The first-order chi connectivity index (χ1) is 11.9. The Morgan fingerprint density at radius 1 is 1.23 bits per heavy atom. The average Bonchev–Trinajstić information content (AvgIpc) is 2.92. The molecule has 1 atom stereocenters. The molecule has 11 heteroatoms. The van der Waals surface area contributed by atoms with Crippen LogP contribution in [0, 0.1) is 0 Å². The van der Waals surface area contributed by atoms with Crippen molar-refractivity contribution in [3.05, 3.63) is 24.3 Å². The lowest BCUT2D eigenvalue weighted by Crippen LogP contribution is -2.44. The van der Waals surface area contributed by atoms with E-state index >= 15 is 0 Å². The van der Waals surface area contributed by atoms with Crippen LogP contribution in [0.2, 0.25) is 0 Å². The van der Waals surface area contributed by atoms with Gasteiger partial charge in [0, 0.05) is 5.54 Å². The Balaban J connectivity index is 2.12. The van der Waals surface area contributed by atoms with Crippen LogP contribution in [0.3, 0.4) is 0 Å². The van der Waals surface area contributed by atoms with Crippen molar-refractivity contribution in [3.63, 3.8) is 0 Å². The standard InChI is InChI=1S/C15H18F3N5O2S/c1-9(12(24)19-14(2,3)4)26-13-20-21-22-23(13)10-5-7-11(8-6-10)25-15(16,17)18/h5-9H,1-4H3,(H,19,24). The highest BCUT2D eigenvalue weighted by atomic mass is 32.2. The molecule has 0 radical (unpaired) electrons. The predicted molar refractivity (Wildman–Crippen MR) is 89.1 cm³/mol. The van der Waals surface area contributed by atoms with Crippen LogP contribution in [0.4, 0.5) is 13.2 Å². The number of alkyl halides is 3. The van der Waals surface area contributed by atoms with Gasteiger partial charge in [0.25, 0.3) is 0 Å². The van der Waals surface area contributed by atoms with Crippen LogP contribution in [0.25, 0.3) is 5.69 Å². The normalized spacial score (nSPS) is 13.3. The molecule has 0 aliphatic rings. The molecular formula is C15H18F3N5O2S. The van der Waals surface area contributed by atoms with Crippen LogP contribution < -0.4 is 10.1 Å². The number of rotatable bonds is 5. The topological polar surface area (TPSA) is 81.9 Å². The monoisotopic (exact) mass is 389 g/mol. The molecule has 26 heavy (non-hydrogen) atoms. The van der Waals surface area contributed by atoms with E-state index in [4.69, 9.17) is 0 Å². The van der Waals surface area contributed by atoms with Crippen LogP contribution >= 0.6 is 11.8 Å². The largest absolute Gasteiger partial charge is 0.573 e. The molecule has 0 spiro atoms. The van der Waals surface area contributed by atoms with Crippen molar-refractivity contribution in [1.82, 2.24) is 25.5 Å². The van der Waals surface area contributed by atoms with Crippen LogP contribution in [0.15, 0.2) is 29.4 Å². The smallest absolute Gasteiger partial charge is 0.406 e. The summed E-state index contributed by atoms with van der Waals surface area (Å²) in [6, 6.07) is 5.10. The highest BCUT2D eigenvalue weighted by molar-refractivity contribution is 8.00. The van der Waals surface area contributed by atoms with Crippen LogP contribution in [-0.4, -0.2) is 43.3 Å². The number of halogens is 3. The fourth-order valence-electron chi connectivity index (χ4n) is 1.89. The third-order valence-electron chi connectivity index (χ3n) is 2.91. The number of tetrazole rings is 1. The maximum atomic E-state index is 12.2. The zero-order valence-corrected chi connectivity index (χ0v) is 15.4. The minimum atomic E-state index is -4.76. The number of aromatic nitrogens is 4. The van der Waals surface area contributed by atoms with Crippen molar-refractivity contribution >= 4 is 17.7 Å². The van der Waals surface area contributed by atoms with E-state index in [1.54, 1.807) is 6.92 Å². The van der Waals surface area contributed by atoms with E-state index in [9.17, 15) is 18.0 Å². The third-order valence-corrected chi connectivity index (χ3v) is 3.94. The van der Waals surface area contributed by atoms with Gasteiger partial charge >= 0.3 is 6.36 Å². The summed E-state index contributed by atoms with van der Waals surface area (Å²) in [7, 11) is 0. The van der Waals surface area contributed by atoms with E-state index in [0.717, 1.165) is 23.9 Å². The van der Waals surface area contributed by atoms with Gasteiger partial charge < -0.3 is 10.1 Å². The van der Waals surface area contributed by atoms with Crippen molar-refractivity contribution in [2.75, 3.05) is 0 Å². The molecule has 0 saturated heterocycles. The average molecular weight is 389 g/mol. The molecule has 0 fully saturated rings. The number of benzene rings is 1. The first kappa shape index (κ1) is 20.0. The van der Waals surface area contributed by atoms with Gasteiger partial charge in [0.05, 0.1) is 10.9 Å². The van der Waals surface area contributed by atoms with Gasteiger partial charge in [-0.3, -0.25) is 4.79 Å². The molecule has 1 N–H and O–H groups in total. The molecule has 142 valence electrons. The van der Waals surface area contributed by atoms with Crippen molar-refractivity contribution < 1.29 is 22.7 Å². The van der Waals surface area contributed by atoms with Gasteiger partial charge in [0.15, 0.2) is 0 Å². The second kappa shape index (κ2) is 7.52. The molecule has 2 rings (SSSR count). The Bertz CT molecular complexity index is 756. The van der Waals surface area contributed by atoms with E-state index in [-0.39, 0.29) is 17.2 Å². The Kier molecular flexibility index (Phi) is 5.79. The zero-order valence-electron chi connectivity index (χ0n) is 14.5. The van der Waals surface area contributed by atoms with Gasteiger partial charge in [-0.1, -0.05) is 11.8 Å². The highest BCUT2D eigenvalue weighted by Gasteiger charge is 2.31. The van der Waals surface area contributed by atoms with Gasteiger partial charge in [0.2, 0.25) is 11.1 Å². The van der Waals surface area contributed by atoms with Gasteiger partial charge in [-0.2, -0.15) is 4.68 Å². The maximum absolute atomic E-state index is 12.2. The highest BCUT2D eigenvalue weighted by Crippen LogP contribution is 2.26. The third kappa shape index (κ3) is 5.90. The van der Waals surface area contributed by atoms with Crippen LogP contribution in [0.1, 0.15) is 27.7 Å². The minimum absolute atomic E-state index is 0.175. The lowest BCUT2D eigenvalue weighted by molar-refractivity contribution is -0.274. The first-order valence-corrected chi connectivity index (χ1v) is 8.46. The van der Waals surface area contributed by atoms with Crippen molar-refractivity contribution in [3.8, 4) is 11.4 Å². The SMILES string of the molecule is CC(Sc1nnnn1-c1ccc(OC(F)(F)F)cc1)C(=O)NC(C)(C)C. The maximum Gasteiger partial charge on any atom is 0.573 e. The van der Waals surface area contributed by atoms with Crippen LogP contribution in [0.5, 0.6) is 5.75 Å². The van der Waals surface area contributed by atoms with Gasteiger partial charge in [-0.05, 0) is 62.4 Å². The molecule has 1 aromatic heterocycles. The number of hydrogen-bond donors (Lipinski definition) is 1. The van der Waals surface area contributed by atoms with Gasteiger partial charge in [-0.15, -0.1) is 18.3 Å². The summed E-state index contributed by atoms with van der Waals surface area (Å²) in [5.74, 6) is -0.521. The molecular weight excluding hydrogens is 371 g/mol. The molecule has 1 unspecified atom stereocenters. The molecule has 7 nitrogen and oxygen atoms in total. The number of carbonyl (C=O) groups excluding carboxylic acids is 1. The molecule has 0 bridgehead atoms. The Hall–Kier alpha value is -2.30. The second-order valence-electron chi connectivity index (χ2n) is 6.41. The summed E-state index contributed by atoms with van der Waals surface area (Å²) in [4.78, 5) is 12.2. The number of amides is 1. The number of hydrogen-bond acceptors (Lipinski definition) is 6. The summed E-state index contributed by atoms with van der Waals surface area (Å²) >= 11 is 1.14. The van der Waals surface area contributed by atoms with Crippen molar-refractivity contribution in [1.29, 1.82) is 0 Å². The summed E-state index contributed by atoms with van der Waals surface area (Å²) in [5.41, 5.74) is 0.0713. The van der Waals surface area contributed by atoms with E-state index < -0.39 is 11.6 Å². The van der Waals surface area contributed by atoms with E-state index in [1.165, 1.54) is 16.8 Å². The quantitative estimate of drug-likeness (QED) is 0.792. The summed E-state index contributed by atoms with van der Waals surface area (Å²) in [6.45, 7) is 7.33. The second-order valence-corrected chi connectivity index (χ2v) is 7.72. The summed E-state index contributed by atoms with van der Waals surface area (Å²) in [6.07, 6.45) is -4.76. The van der Waals surface area contributed by atoms with Crippen LogP contribution in [-0.2, 0) is 4.79 Å².